The summed E-state index contributed by atoms with van der Waals surface area (Å²) in [5.41, 5.74) is 1.75. The molecule has 3 heteroatoms. The largest absolute Gasteiger partial charge is 0.385 e. The summed E-state index contributed by atoms with van der Waals surface area (Å²) >= 11 is 3.66. The average molecular weight is 284 g/mol. The molecule has 1 heterocycles. The molecule has 1 aliphatic heterocycles. The first kappa shape index (κ1) is 12.1. The van der Waals surface area contributed by atoms with Crippen LogP contribution in [-0.2, 0) is 10.2 Å². The number of rotatable bonds is 5. The molecule has 0 aromatic heterocycles. The van der Waals surface area contributed by atoms with E-state index in [2.05, 4.69) is 45.5 Å². The van der Waals surface area contributed by atoms with Crippen molar-refractivity contribution in [3.63, 3.8) is 0 Å². The lowest BCUT2D eigenvalue weighted by Gasteiger charge is -2.44. The molecule has 16 heavy (non-hydrogen) atoms. The molecule has 0 atom stereocenters. The molecule has 88 valence electrons. The molecule has 2 nitrogen and oxygen atoms in total. The van der Waals surface area contributed by atoms with Crippen molar-refractivity contribution in [1.29, 1.82) is 0 Å². The zero-order valence-corrected chi connectivity index (χ0v) is 11.2. The SMILES string of the molecule is COCCCC1(c2ccccc2Br)CNC1. The Balaban J connectivity index is 2.12. The molecule has 1 aliphatic rings. The van der Waals surface area contributed by atoms with Gasteiger partial charge in [0.15, 0.2) is 0 Å². The maximum Gasteiger partial charge on any atom is 0.0462 e. The van der Waals surface area contributed by atoms with Gasteiger partial charge in [0.1, 0.15) is 0 Å². The van der Waals surface area contributed by atoms with Gasteiger partial charge in [-0.1, -0.05) is 34.1 Å². The van der Waals surface area contributed by atoms with Crippen LogP contribution in [0, 0.1) is 0 Å². The van der Waals surface area contributed by atoms with Crippen molar-refractivity contribution >= 4 is 15.9 Å². The molecular weight excluding hydrogens is 266 g/mol. The number of methoxy groups -OCH3 is 1. The number of halogens is 1. The normalized spacial score (nSPS) is 18.1. The Morgan fingerprint density at radius 2 is 2.12 bits per heavy atom. The predicted octanol–water partition coefficient (Wildman–Crippen LogP) is 2.72. The van der Waals surface area contributed by atoms with Crippen LogP contribution in [0.15, 0.2) is 28.7 Å². The van der Waals surface area contributed by atoms with Crippen LogP contribution in [0.25, 0.3) is 0 Å². The van der Waals surface area contributed by atoms with Gasteiger partial charge in [0.2, 0.25) is 0 Å². The topological polar surface area (TPSA) is 21.3 Å². The first-order valence-electron chi connectivity index (χ1n) is 5.73. The molecule has 1 aromatic rings. The zero-order chi connectivity index (χ0) is 11.4. The van der Waals surface area contributed by atoms with E-state index in [1.54, 1.807) is 7.11 Å². The summed E-state index contributed by atoms with van der Waals surface area (Å²) in [7, 11) is 1.77. The molecule has 0 saturated carbocycles. The highest BCUT2D eigenvalue weighted by atomic mass is 79.9. The van der Waals surface area contributed by atoms with Crippen molar-refractivity contribution in [2.45, 2.75) is 18.3 Å². The minimum Gasteiger partial charge on any atom is -0.385 e. The standard InChI is InChI=1S/C13H18BrNO/c1-16-8-4-7-13(9-15-10-13)11-5-2-3-6-12(11)14/h2-3,5-6,15H,4,7-10H2,1H3. The smallest absolute Gasteiger partial charge is 0.0462 e. The van der Waals surface area contributed by atoms with E-state index in [0.717, 1.165) is 26.1 Å². The average Bonchev–Trinajstić information content (AvgIpc) is 2.24. The first-order valence-corrected chi connectivity index (χ1v) is 6.52. The number of hydrogen-bond donors (Lipinski definition) is 1. The van der Waals surface area contributed by atoms with Crippen molar-refractivity contribution in [2.75, 3.05) is 26.8 Å². The fourth-order valence-corrected chi connectivity index (χ4v) is 3.08. The third-order valence-corrected chi connectivity index (χ3v) is 4.07. The second-order valence-electron chi connectivity index (χ2n) is 4.46. The van der Waals surface area contributed by atoms with Gasteiger partial charge in [-0.15, -0.1) is 0 Å². The van der Waals surface area contributed by atoms with E-state index < -0.39 is 0 Å². The third kappa shape index (κ3) is 2.31. The molecule has 0 spiro atoms. The zero-order valence-electron chi connectivity index (χ0n) is 9.63. The molecule has 1 fully saturated rings. The summed E-state index contributed by atoms with van der Waals surface area (Å²) in [6, 6.07) is 8.56. The lowest BCUT2D eigenvalue weighted by Crippen LogP contribution is -2.57. The van der Waals surface area contributed by atoms with E-state index in [-0.39, 0.29) is 0 Å². The van der Waals surface area contributed by atoms with Crippen molar-refractivity contribution in [3.8, 4) is 0 Å². The van der Waals surface area contributed by atoms with Crippen molar-refractivity contribution in [1.82, 2.24) is 5.32 Å². The van der Waals surface area contributed by atoms with E-state index >= 15 is 0 Å². The molecule has 0 bridgehead atoms. The van der Waals surface area contributed by atoms with Crippen LogP contribution in [0.4, 0.5) is 0 Å². The minimum absolute atomic E-state index is 0.318. The second-order valence-corrected chi connectivity index (χ2v) is 5.31. The number of hydrogen-bond acceptors (Lipinski definition) is 2. The van der Waals surface area contributed by atoms with Crippen molar-refractivity contribution in [3.05, 3.63) is 34.3 Å². The van der Waals surface area contributed by atoms with Gasteiger partial charge in [-0.2, -0.15) is 0 Å². The summed E-state index contributed by atoms with van der Waals surface area (Å²) in [6.07, 6.45) is 2.32. The van der Waals surface area contributed by atoms with Gasteiger partial charge >= 0.3 is 0 Å². The maximum atomic E-state index is 5.14. The Morgan fingerprint density at radius 3 is 2.69 bits per heavy atom. The highest BCUT2D eigenvalue weighted by Crippen LogP contribution is 2.37. The highest BCUT2D eigenvalue weighted by molar-refractivity contribution is 9.10. The van der Waals surface area contributed by atoms with Crippen molar-refractivity contribution in [2.24, 2.45) is 0 Å². The van der Waals surface area contributed by atoms with Gasteiger partial charge in [0.25, 0.3) is 0 Å². The van der Waals surface area contributed by atoms with E-state index in [9.17, 15) is 0 Å². The first-order chi connectivity index (χ1) is 7.78. The van der Waals surface area contributed by atoms with Crippen LogP contribution in [0.2, 0.25) is 0 Å². The Bertz CT molecular complexity index is 350. The molecule has 0 amide bonds. The summed E-state index contributed by atoms with van der Waals surface area (Å²) in [6.45, 7) is 3.02. The summed E-state index contributed by atoms with van der Waals surface area (Å²) < 4.78 is 6.37. The Kier molecular flexibility index (Phi) is 4.00. The predicted molar refractivity (Wildman–Crippen MR) is 69.8 cm³/mol. The Hall–Kier alpha value is -0.380. The lowest BCUT2D eigenvalue weighted by atomic mass is 9.72. The fourth-order valence-electron chi connectivity index (χ4n) is 2.37. The molecule has 1 aromatic carbocycles. The van der Waals surface area contributed by atoms with Crippen LogP contribution < -0.4 is 5.32 Å². The van der Waals surface area contributed by atoms with E-state index in [4.69, 9.17) is 4.74 Å². The summed E-state index contributed by atoms with van der Waals surface area (Å²) in [5.74, 6) is 0. The molecule has 1 saturated heterocycles. The molecular formula is C13H18BrNO. The maximum absolute atomic E-state index is 5.14. The van der Waals surface area contributed by atoms with Gasteiger partial charge in [0.05, 0.1) is 0 Å². The van der Waals surface area contributed by atoms with Crippen LogP contribution in [-0.4, -0.2) is 26.8 Å². The van der Waals surface area contributed by atoms with Crippen LogP contribution in [0.1, 0.15) is 18.4 Å². The van der Waals surface area contributed by atoms with Crippen LogP contribution >= 0.6 is 15.9 Å². The van der Waals surface area contributed by atoms with Gasteiger partial charge < -0.3 is 10.1 Å². The van der Waals surface area contributed by atoms with Gasteiger partial charge in [0, 0.05) is 36.7 Å². The Morgan fingerprint density at radius 1 is 1.38 bits per heavy atom. The monoisotopic (exact) mass is 283 g/mol. The molecule has 1 N–H and O–H groups in total. The number of ether oxygens (including phenoxy) is 1. The second kappa shape index (κ2) is 5.30. The van der Waals surface area contributed by atoms with E-state index in [0.29, 0.717) is 5.41 Å². The number of benzene rings is 1. The lowest BCUT2D eigenvalue weighted by molar-refractivity contribution is 0.167. The Labute approximate surface area is 106 Å². The van der Waals surface area contributed by atoms with Crippen LogP contribution in [0.3, 0.4) is 0 Å². The van der Waals surface area contributed by atoms with Gasteiger partial charge in [-0.25, -0.2) is 0 Å². The molecule has 0 radical (unpaired) electrons. The highest BCUT2D eigenvalue weighted by Gasteiger charge is 2.39. The van der Waals surface area contributed by atoms with Crippen LogP contribution in [0.5, 0.6) is 0 Å². The van der Waals surface area contributed by atoms with E-state index in [1.165, 1.54) is 16.5 Å². The molecule has 2 rings (SSSR count). The molecule has 0 unspecified atom stereocenters. The molecule has 0 aliphatic carbocycles. The van der Waals surface area contributed by atoms with Gasteiger partial charge in [-0.05, 0) is 24.5 Å². The fraction of sp³-hybridized carbons (Fsp3) is 0.538. The van der Waals surface area contributed by atoms with Gasteiger partial charge in [-0.3, -0.25) is 0 Å². The van der Waals surface area contributed by atoms with E-state index in [1.807, 2.05) is 0 Å². The quantitative estimate of drug-likeness (QED) is 0.839. The minimum atomic E-state index is 0.318. The number of nitrogens with one attached hydrogen (secondary N) is 1. The third-order valence-electron chi connectivity index (χ3n) is 3.38. The van der Waals surface area contributed by atoms with Crippen molar-refractivity contribution < 1.29 is 4.74 Å². The summed E-state index contributed by atoms with van der Waals surface area (Å²) in [5, 5.41) is 3.39. The summed E-state index contributed by atoms with van der Waals surface area (Å²) in [4.78, 5) is 0.